The number of aromatic hydroxyl groups is 1. The molecule has 1 fully saturated rings. The summed E-state index contributed by atoms with van der Waals surface area (Å²) in [6.07, 6.45) is 1.78. The van der Waals surface area contributed by atoms with Crippen LogP contribution in [0.15, 0.2) is 72.9 Å². The van der Waals surface area contributed by atoms with Gasteiger partial charge in [0, 0.05) is 48.1 Å². The highest BCUT2D eigenvalue weighted by Crippen LogP contribution is 2.46. The third kappa shape index (κ3) is 4.18. The van der Waals surface area contributed by atoms with Crippen LogP contribution < -0.4 is 15.1 Å². The summed E-state index contributed by atoms with van der Waals surface area (Å²) in [6, 6.07) is 21.1. The van der Waals surface area contributed by atoms with Crippen LogP contribution in [-0.4, -0.2) is 33.9 Å². The van der Waals surface area contributed by atoms with E-state index >= 15 is 0 Å². The highest BCUT2D eigenvalue weighted by atomic mass is 35.5. The fourth-order valence-electron chi connectivity index (χ4n) is 5.00. The van der Waals surface area contributed by atoms with Crippen molar-refractivity contribution in [2.24, 2.45) is 0 Å². The third-order valence-electron chi connectivity index (χ3n) is 6.71. The molecule has 1 aliphatic rings. The molecule has 0 bridgehead atoms. The van der Waals surface area contributed by atoms with E-state index in [4.69, 9.17) is 23.8 Å². The van der Waals surface area contributed by atoms with Gasteiger partial charge in [0.1, 0.15) is 5.75 Å². The van der Waals surface area contributed by atoms with Crippen molar-refractivity contribution >= 4 is 40.3 Å². The molecule has 8 heteroatoms. The van der Waals surface area contributed by atoms with Crippen LogP contribution in [0.5, 0.6) is 5.75 Å². The summed E-state index contributed by atoms with van der Waals surface area (Å²) < 4.78 is 2.25. The monoisotopic (exact) mass is 517 g/mol. The minimum atomic E-state index is -0.252. The Morgan fingerprint density at radius 1 is 1.03 bits per heavy atom. The van der Waals surface area contributed by atoms with Crippen molar-refractivity contribution in [1.82, 2.24) is 14.9 Å². The van der Waals surface area contributed by atoms with E-state index in [9.17, 15) is 5.11 Å². The van der Waals surface area contributed by atoms with Gasteiger partial charge in [0.15, 0.2) is 5.11 Å². The molecule has 2 aromatic heterocycles. The lowest BCUT2D eigenvalue weighted by Gasteiger charge is -2.28. The zero-order valence-electron chi connectivity index (χ0n) is 20.6. The second-order valence-electron chi connectivity index (χ2n) is 9.20. The van der Waals surface area contributed by atoms with Crippen molar-refractivity contribution in [2.45, 2.75) is 25.9 Å². The first-order chi connectivity index (χ1) is 17.3. The number of thiocarbonyl (C=S) groups is 1. The van der Waals surface area contributed by atoms with E-state index in [2.05, 4.69) is 63.9 Å². The highest BCUT2D eigenvalue weighted by molar-refractivity contribution is 7.80. The first kappa shape index (κ1) is 24.2. The van der Waals surface area contributed by atoms with Crippen LogP contribution in [0.2, 0.25) is 5.02 Å². The summed E-state index contributed by atoms with van der Waals surface area (Å²) in [7, 11) is 4.07. The molecule has 5 rings (SSSR count). The molecule has 4 aromatic rings. The van der Waals surface area contributed by atoms with Gasteiger partial charge >= 0.3 is 0 Å². The Kier molecular flexibility index (Phi) is 6.36. The zero-order chi connectivity index (χ0) is 25.6. The van der Waals surface area contributed by atoms with Crippen molar-refractivity contribution in [3.63, 3.8) is 0 Å². The van der Waals surface area contributed by atoms with Gasteiger partial charge in [0.25, 0.3) is 0 Å². The van der Waals surface area contributed by atoms with Crippen LogP contribution in [0.25, 0.3) is 5.69 Å². The number of rotatable bonds is 5. The minimum absolute atomic E-state index is 0.114. The molecular weight excluding hydrogens is 490 g/mol. The quantitative estimate of drug-likeness (QED) is 0.312. The number of aryl methyl sites for hydroxylation is 1. The van der Waals surface area contributed by atoms with Crippen molar-refractivity contribution in [1.29, 1.82) is 0 Å². The summed E-state index contributed by atoms with van der Waals surface area (Å²) in [5, 5.41) is 15.3. The number of anilines is 2. The fraction of sp³-hybridized carbons (Fsp3) is 0.214. The first-order valence-electron chi connectivity index (χ1n) is 11.7. The van der Waals surface area contributed by atoms with Gasteiger partial charge in [-0.15, -0.1) is 0 Å². The molecule has 0 spiro atoms. The zero-order valence-corrected chi connectivity index (χ0v) is 22.2. The SMILES string of the molecule is Cc1cc([C@H]2[C@@H](c3ccccn3)NC(=S)N2c2cc(Cl)ccc2O)c(C)n1-c1ccc(N(C)C)cc1. The number of halogens is 1. The van der Waals surface area contributed by atoms with E-state index in [0.717, 1.165) is 34.0 Å². The van der Waals surface area contributed by atoms with E-state index in [-0.39, 0.29) is 17.8 Å². The average molecular weight is 518 g/mol. The number of phenols is 1. The molecule has 0 radical (unpaired) electrons. The molecule has 0 amide bonds. The predicted molar refractivity (Wildman–Crippen MR) is 151 cm³/mol. The number of hydrogen-bond donors (Lipinski definition) is 2. The maximum Gasteiger partial charge on any atom is 0.174 e. The number of nitrogens with zero attached hydrogens (tertiary/aromatic N) is 4. The number of hydrogen-bond acceptors (Lipinski definition) is 4. The number of phenolic OH excluding ortho intramolecular Hbond substituents is 1. The third-order valence-corrected chi connectivity index (χ3v) is 7.26. The molecule has 36 heavy (non-hydrogen) atoms. The number of benzene rings is 2. The molecular formula is C28H28ClN5OS. The molecule has 6 nitrogen and oxygen atoms in total. The largest absolute Gasteiger partial charge is 0.506 e. The van der Waals surface area contributed by atoms with Crippen LogP contribution in [0, 0.1) is 13.8 Å². The minimum Gasteiger partial charge on any atom is -0.506 e. The summed E-state index contributed by atoms with van der Waals surface area (Å²) in [4.78, 5) is 8.67. The molecule has 1 aliphatic heterocycles. The van der Waals surface area contributed by atoms with Crippen molar-refractivity contribution in [3.8, 4) is 11.4 Å². The van der Waals surface area contributed by atoms with E-state index in [1.807, 2.05) is 37.2 Å². The number of nitrogens with one attached hydrogen (secondary N) is 1. The molecule has 184 valence electrons. The molecule has 2 aromatic carbocycles. The van der Waals surface area contributed by atoms with Crippen molar-refractivity contribution in [3.05, 3.63) is 101 Å². The lowest BCUT2D eigenvalue weighted by molar-refractivity contribution is 0.472. The lowest BCUT2D eigenvalue weighted by Crippen LogP contribution is -2.29. The molecule has 3 heterocycles. The van der Waals surface area contributed by atoms with Crippen LogP contribution >= 0.6 is 23.8 Å². The van der Waals surface area contributed by atoms with E-state index in [1.54, 1.807) is 24.4 Å². The summed E-state index contributed by atoms with van der Waals surface area (Å²) in [5.41, 5.74) is 6.94. The van der Waals surface area contributed by atoms with Gasteiger partial charge in [0.2, 0.25) is 0 Å². The first-order valence-corrected chi connectivity index (χ1v) is 12.5. The van der Waals surface area contributed by atoms with E-state index in [0.29, 0.717) is 15.8 Å². The maximum atomic E-state index is 10.8. The Morgan fingerprint density at radius 2 is 1.78 bits per heavy atom. The number of pyridine rings is 1. The Morgan fingerprint density at radius 3 is 2.44 bits per heavy atom. The predicted octanol–water partition coefficient (Wildman–Crippen LogP) is 6.09. The smallest absolute Gasteiger partial charge is 0.174 e. The molecule has 0 aliphatic carbocycles. The topological polar surface area (TPSA) is 56.6 Å². The second-order valence-corrected chi connectivity index (χ2v) is 10.0. The average Bonchev–Trinajstić information content (AvgIpc) is 3.36. The molecule has 2 atom stereocenters. The van der Waals surface area contributed by atoms with Gasteiger partial charge in [-0.2, -0.15) is 0 Å². The lowest BCUT2D eigenvalue weighted by atomic mass is 9.96. The summed E-state index contributed by atoms with van der Waals surface area (Å²) in [6.45, 7) is 4.23. The van der Waals surface area contributed by atoms with Gasteiger partial charge in [-0.05, 0) is 92.3 Å². The highest BCUT2D eigenvalue weighted by Gasteiger charge is 2.43. The van der Waals surface area contributed by atoms with Gasteiger partial charge in [0.05, 0.1) is 23.5 Å². The van der Waals surface area contributed by atoms with Crippen molar-refractivity contribution in [2.75, 3.05) is 23.9 Å². The Balaban J connectivity index is 1.67. The van der Waals surface area contributed by atoms with Gasteiger partial charge < -0.3 is 24.8 Å². The summed E-state index contributed by atoms with van der Waals surface area (Å²) >= 11 is 12.2. The fourth-order valence-corrected chi connectivity index (χ4v) is 5.51. The second kappa shape index (κ2) is 9.48. The maximum absolute atomic E-state index is 10.8. The van der Waals surface area contributed by atoms with Gasteiger partial charge in [-0.3, -0.25) is 4.98 Å². The molecule has 0 saturated carbocycles. The van der Waals surface area contributed by atoms with Crippen molar-refractivity contribution < 1.29 is 5.11 Å². The van der Waals surface area contributed by atoms with Crippen LogP contribution in [-0.2, 0) is 0 Å². The van der Waals surface area contributed by atoms with Gasteiger partial charge in [-0.1, -0.05) is 17.7 Å². The Bertz CT molecular complexity index is 1420. The van der Waals surface area contributed by atoms with E-state index in [1.165, 1.54) is 0 Å². The Hall–Kier alpha value is -3.55. The van der Waals surface area contributed by atoms with Gasteiger partial charge in [-0.25, -0.2) is 0 Å². The normalized spacial score (nSPS) is 17.4. The molecule has 0 unspecified atom stereocenters. The molecule has 1 saturated heterocycles. The Labute approximate surface area is 221 Å². The van der Waals surface area contributed by atoms with Crippen LogP contribution in [0.1, 0.15) is 34.7 Å². The summed E-state index contributed by atoms with van der Waals surface area (Å²) in [5.74, 6) is 0.114. The standard InChI is InChI=1S/C28H28ClN5OS/c1-17-15-22(18(2)33(17)21-11-9-20(10-12-21)32(3)4)27-26(23-7-5-6-14-30-23)31-28(36)34(27)24-16-19(29)8-13-25(24)35/h5-16,26-27,35H,1-4H3,(H,31,36)/t26-,27+/m1/s1. The van der Waals surface area contributed by atoms with E-state index < -0.39 is 0 Å². The van der Waals surface area contributed by atoms with Crippen LogP contribution in [0.3, 0.4) is 0 Å². The number of aromatic nitrogens is 2. The van der Waals surface area contributed by atoms with Crippen LogP contribution in [0.4, 0.5) is 11.4 Å². The molecule has 2 N–H and O–H groups in total.